The van der Waals surface area contributed by atoms with Gasteiger partial charge < -0.3 is 0 Å². The van der Waals surface area contributed by atoms with E-state index in [0.717, 1.165) is 46.6 Å². The fourth-order valence-corrected chi connectivity index (χ4v) is 4.46. The van der Waals surface area contributed by atoms with Gasteiger partial charge in [-0.3, -0.25) is 4.28 Å². The Hall–Kier alpha value is -2.96. The second-order valence-electron chi connectivity index (χ2n) is 7.02. The first kappa shape index (κ1) is 24.7. The number of nitrogens with zero attached hydrogens (tertiary/aromatic N) is 1. The van der Waals surface area contributed by atoms with Gasteiger partial charge >= 0.3 is 16.3 Å². The number of hydrogen-bond acceptors (Lipinski definition) is 5. The largest absolute Gasteiger partial charge is 0.416 e. The molecule has 0 saturated heterocycles. The molecule has 172 valence electrons. The molecule has 0 fully saturated rings. The van der Waals surface area contributed by atoms with E-state index >= 15 is 0 Å². The smallest absolute Gasteiger partial charge is 0.264 e. The number of hydrogen-bond donors (Lipinski definition) is 0. The molecule has 1 aliphatic rings. The summed E-state index contributed by atoms with van der Waals surface area (Å²) in [6.07, 6.45) is 0.482. The summed E-state index contributed by atoms with van der Waals surface area (Å²) >= 11 is 1.20. The molecule has 0 bridgehead atoms. The Labute approximate surface area is 195 Å². The topological polar surface area (TPSA) is 55.7 Å². The normalized spacial score (nSPS) is 16.5. The molecule has 0 aliphatic carbocycles. The molecule has 1 aliphatic heterocycles. The number of rotatable bonds is 5. The minimum Gasteiger partial charge on any atom is -0.264 e. The Bertz CT molecular complexity index is 1280. The van der Waals surface area contributed by atoms with Crippen LogP contribution >= 0.6 is 11.8 Å². The lowest BCUT2D eigenvalue weighted by Gasteiger charge is -2.08. The van der Waals surface area contributed by atoms with Gasteiger partial charge in [0.15, 0.2) is 0 Å². The molecule has 3 rings (SSSR count). The highest BCUT2D eigenvalue weighted by molar-refractivity contribution is 8.18. The molecule has 4 nitrogen and oxygen atoms in total. The minimum absolute atomic E-state index is 0.281. The monoisotopic (exact) mass is 491 g/mol. The van der Waals surface area contributed by atoms with Gasteiger partial charge in [0, 0.05) is 16.9 Å². The highest BCUT2D eigenvalue weighted by atomic mass is 32.2. The summed E-state index contributed by atoms with van der Waals surface area (Å²) < 4.78 is 67.5. The van der Waals surface area contributed by atoms with E-state index in [0.29, 0.717) is 12.1 Å². The Morgan fingerprint density at radius 3 is 2.42 bits per heavy atom. The first-order valence-corrected chi connectivity index (χ1v) is 12.2. The highest BCUT2D eigenvalue weighted by Gasteiger charge is 2.31. The summed E-state index contributed by atoms with van der Waals surface area (Å²) in [4.78, 5) is 0.371. The SMILES string of the molecule is CCCC#C/C(=C1C=C/C(=N\OS(=O)(=O)c2ccc(C(F)(F)F)cc2)S/1)c1ccccc1C. The second-order valence-corrected chi connectivity index (χ2v) is 9.61. The van der Waals surface area contributed by atoms with Crippen molar-refractivity contribution in [3.05, 3.63) is 82.3 Å². The third-order valence-electron chi connectivity index (χ3n) is 4.54. The Morgan fingerprint density at radius 2 is 1.79 bits per heavy atom. The van der Waals surface area contributed by atoms with Crippen molar-refractivity contribution in [1.29, 1.82) is 0 Å². The number of thioether (sulfide) groups is 1. The zero-order chi connectivity index (χ0) is 24.1. The van der Waals surface area contributed by atoms with Crippen molar-refractivity contribution in [2.45, 2.75) is 37.8 Å². The number of unbranched alkanes of at least 4 members (excludes halogenated alkanes) is 1. The highest BCUT2D eigenvalue weighted by Crippen LogP contribution is 2.35. The van der Waals surface area contributed by atoms with Gasteiger partial charge in [-0.1, -0.05) is 59.9 Å². The van der Waals surface area contributed by atoms with E-state index in [1.165, 1.54) is 11.8 Å². The van der Waals surface area contributed by atoms with Gasteiger partial charge in [-0.2, -0.15) is 21.6 Å². The van der Waals surface area contributed by atoms with Gasteiger partial charge in [-0.05, 0) is 60.9 Å². The molecule has 1 heterocycles. The Balaban J connectivity index is 1.83. The van der Waals surface area contributed by atoms with Gasteiger partial charge in [0.05, 0.1) is 5.56 Å². The fraction of sp³-hybridized carbons (Fsp3) is 0.208. The van der Waals surface area contributed by atoms with Crippen LogP contribution in [0.2, 0.25) is 0 Å². The van der Waals surface area contributed by atoms with Gasteiger partial charge in [-0.25, -0.2) is 0 Å². The Morgan fingerprint density at radius 1 is 1.09 bits per heavy atom. The molecular weight excluding hydrogens is 471 g/mol. The van der Waals surface area contributed by atoms with Crippen LogP contribution in [-0.2, 0) is 20.6 Å². The summed E-state index contributed by atoms with van der Waals surface area (Å²) in [6.45, 7) is 4.02. The number of allylic oxidation sites excluding steroid dienone is 2. The van der Waals surface area contributed by atoms with Gasteiger partial charge in [0.2, 0.25) is 0 Å². The molecule has 0 unspecified atom stereocenters. The first-order chi connectivity index (χ1) is 15.6. The molecule has 0 atom stereocenters. The van der Waals surface area contributed by atoms with Crippen LogP contribution in [0.25, 0.3) is 5.57 Å². The maximum absolute atomic E-state index is 12.7. The maximum atomic E-state index is 12.7. The third kappa shape index (κ3) is 6.30. The van der Waals surface area contributed by atoms with E-state index in [9.17, 15) is 21.6 Å². The number of aryl methyl sites for hydroxylation is 1. The quantitative estimate of drug-likeness (QED) is 0.352. The second kappa shape index (κ2) is 10.3. The van der Waals surface area contributed by atoms with E-state index in [2.05, 4.69) is 17.0 Å². The van der Waals surface area contributed by atoms with E-state index in [-0.39, 0.29) is 5.04 Å². The molecule has 0 radical (unpaired) electrons. The molecule has 2 aromatic rings. The average molecular weight is 492 g/mol. The van der Waals surface area contributed by atoms with Crippen LogP contribution in [0.15, 0.2) is 75.6 Å². The van der Waals surface area contributed by atoms with Crippen LogP contribution in [0.4, 0.5) is 13.2 Å². The van der Waals surface area contributed by atoms with Crippen molar-refractivity contribution in [2.24, 2.45) is 5.16 Å². The lowest BCUT2D eigenvalue weighted by molar-refractivity contribution is -0.137. The molecule has 2 aromatic carbocycles. The standard InChI is InChI=1S/C24H20F3NO3S2/c1-3-4-5-10-21(20-9-7-6-8-17(20)2)22-15-16-23(32-22)28-31-33(29,30)19-13-11-18(12-14-19)24(25,26)27/h6-9,11-16H,3-4H2,1-2H3/b22-21+,28-23+. The van der Waals surface area contributed by atoms with Crippen molar-refractivity contribution in [1.82, 2.24) is 0 Å². The van der Waals surface area contributed by atoms with Crippen LogP contribution in [0.5, 0.6) is 0 Å². The van der Waals surface area contributed by atoms with Crippen LogP contribution < -0.4 is 0 Å². The lowest BCUT2D eigenvalue weighted by Crippen LogP contribution is -2.07. The minimum atomic E-state index is -4.56. The average Bonchev–Trinajstić information content (AvgIpc) is 3.25. The lowest BCUT2D eigenvalue weighted by atomic mass is 10.00. The van der Waals surface area contributed by atoms with Gasteiger partial charge in [-0.15, -0.1) is 0 Å². The van der Waals surface area contributed by atoms with Gasteiger partial charge in [0.25, 0.3) is 0 Å². The van der Waals surface area contributed by atoms with Crippen LogP contribution in [0, 0.1) is 18.8 Å². The molecule has 0 saturated carbocycles. The van der Waals surface area contributed by atoms with Crippen molar-refractivity contribution in [2.75, 3.05) is 0 Å². The van der Waals surface area contributed by atoms with E-state index in [4.69, 9.17) is 4.28 Å². The third-order valence-corrected chi connectivity index (χ3v) is 6.64. The first-order valence-electron chi connectivity index (χ1n) is 9.96. The number of alkyl halides is 3. The molecule has 9 heteroatoms. The van der Waals surface area contributed by atoms with Crippen molar-refractivity contribution in [3.8, 4) is 11.8 Å². The molecule has 0 amide bonds. The molecule has 33 heavy (non-hydrogen) atoms. The number of halogens is 3. The zero-order valence-electron chi connectivity index (χ0n) is 17.8. The molecule has 0 aromatic heterocycles. The Kier molecular flexibility index (Phi) is 7.72. The number of oxime groups is 1. The predicted molar refractivity (Wildman–Crippen MR) is 125 cm³/mol. The van der Waals surface area contributed by atoms with Crippen molar-refractivity contribution < 1.29 is 25.9 Å². The van der Waals surface area contributed by atoms with E-state index in [1.807, 2.05) is 38.1 Å². The van der Waals surface area contributed by atoms with E-state index < -0.39 is 26.8 Å². The fourth-order valence-electron chi connectivity index (χ4n) is 2.84. The maximum Gasteiger partial charge on any atom is 0.416 e. The summed E-state index contributed by atoms with van der Waals surface area (Å²) in [6, 6.07) is 10.8. The van der Waals surface area contributed by atoms with Gasteiger partial charge in [0.1, 0.15) is 9.94 Å². The summed E-state index contributed by atoms with van der Waals surface area (Å²) in [7, 11) is -4.37. The molecule has 0 spiro atoms. The van der Waals surface area contributed by atoms with E-state index in [1.54, 1.807) is 12.2 Å². The number of benzene rings is 2. The summed E-state index contributed by atoms with van der Waals surface area (Å²) in [5, 5.41) is 3.97. The van der Waals surface area contributed by atoms with Crippen molar-refractivity contribution >= 4 is 32.5 Å². The zero-order valence-corrected chi connectivity index (χ0v) is 19.4. The van der Waals surface area contributed by atoms with Crippen LogP contribution in [0.1, 0.15) is 36.5 Å². The summed E-state index contributed by atoms with van der Waals surface area (Å²) in [5.74, 6) is 6.35. The van der Waals surface area contributed by atoms with Crippen molar-refractivity contribution in [3.63, 3.8) is 0 Å². The molecule has 0 N–H and O–H groups in total. The van der Waals surface area contributed by atoms with Crippen LogP contribution in [0.3, 0.4) is 0 Å². The molecular formula is C24H20F3NO3S2. The van der Waals surface area contributed by atoms with Crippen LogP contribution in [-0.4, -0.2) is 13.5 Å². The predicted octanol–water partition coefficient (Wildman–Crippen LogP) is 6.55. The summed E-state index contributed by atoms with van der Waals surface area (Å²) in [5.41, 5.74) is 1.86.